The molecule has 2 heterocycles. The molecule has 1 saturated carbocycles. The van der Waals surface area contributed by atoms with Crippen molar-refractivity contribution in [2.45, 2.75) is 38.6 Å². The van der Waals surface area contributed by atoms with Gasteiger partial charge in [-0.05, 0) is 30.9 Å². The number of amides is 1. The summed E-state index contributed by atoms with van der Waals surface area (Å²) >= 11 is 0. The SMILES string of the molecule is CC1CCCCC1NC(=O)CN1CCN(c2ccccn2)CC1. The first kappa shape index (κ1) is 16.2. The van der Waals surface area contributed by atoms with Gasteiger partial charge in [0.1, 0.15) is 5.82 Å². The van der Waals surface area contributed by atoms with Crippen molar-refractivity contribution in [1.82, 2.24) is 15.2 Å². The number of anilines is 1. The van der Waals surface area contributed by atoms with Crippen LogP contribution in [0.25, 0.3) is 0 Å². The van der Waals surface area contributed by atoms with Crippen molar-refractivity contribution in [2.24, 2.45) is 5.92 Å². The van der Waals surface area contributed by atoms with E-state index >= 15 is 0 Å². The van der Waals surface area contributed by atoms with Gasteiger partial charge in [0.15, 0.2) is 0 Å². The number of pyridine rings is 1. The fourth-order valence-electron chi connectivity index (χ4n) is 3.66. The van der Waals surface area contributed by atoms with E-state index in [0.717, 1.165) is 38.4 Å². The van der Waals surface area contributed by atoms with Crippen LogP contribution in [-0.2, 0) is 4.79 Å². The molecular weight excluding hydrogens is 288 g/mol. The number of hydrogen-bond donors (Lipinski definition) is 1. The smallest absolute Gasteiger partial charge is 0.234 e. The highest BCUT2D eigenvalue weighted by atomic mass is 16.2. The van der Waals surface area contributed by atoms with E-state index in [9.17, 15) is 4.79 Å². The summed E-state index contributed by atoms with van der Waals surface area (Å²) in [5, 5.41) is 3.25. The van der Waals surface area contributed by atoms with Crippen molar-refractivity contribution in [3.8, 4) is 0 Å². The zero-order valence-electron chi connectivity index (χ0n) is 14.1. The van der Waals surface area contributed by atoms with Crippen molar-refractivity contribution in [3.63, 3.8) is 0 Å². The van der Waals surface area contributed by atoms with Crippen molar-refractivity contribution in [3.05, 3.63) is 24.4 Å². The third-order valence-electron chi connectivity index (χ3n) is 5.17. The molecule has 1 N–H and O–H groups in total. The third kappa shape index (κ3) is 4.44. The van der Waals surface area contributed by atoms with Gasteiger partial charge in [-0.25, -0.2) is 4.98 Å². The zero-order valence-corrected chi connectivity index (χ0v) is 14.1. The average Bonchev–Trinajstić information content (AvgIpc) is 2.58. The van der Waals surface area contributed by atoms with Gasteiger partial charge in [0.05, 0.1) is 6.54 Å². The Morgan fingerprint density at radius 3 is 2.70 bits per heavy atom. The maximum Gasteiger partial charge on any atom is 0.234 e. The van der Waals surface area contributed by atoms with Gasteiger partial charge >= 0.3 is 0 Å². The van der Waals surface area contributed by atoms with Crippen LogP contribution in [0.15, 0.2) is 24.4 Å². The third-order valence-corrected chi connectivity index (χ3v) is 5.17. The van der Waals surface area contributed by atoms with Gasteiger partial charge in [0.25, 0.3) is 0 Å². The van der Waals surface area contributed by atoms with Gasteiger partial charge < -0.3 is 10.2 Å². The number of piperazine rings is 1. The lowest BCUT2D eigenvalue weighted by Gasteiger charge is -2.35. The molecule has 1 aromatic rings. The summed E-state index contributed by atoms with van der Waals surface area (Å²) in [6, 6.07) is 6.39. The lowest BCUT2D eigenvalue weighted by atomic mass is 9.86. The number of nitrogens with zero attached hydrogens (tertiary/aromatic N) is 3. The molecule has 2 aliphatic rings. The molecule has 0 spiro atoms. The first-order valence-corrected chi connectivity index (χ1v) is 8.90. The number of nitrogens with one attached hydrogen (secondary N) is 1. The minimum absolute atomic E-state index is 0.190. The molecule has 23 heavy (non-hydrogen) atoms. The number of hydrogen-bond acceptors (Lipinski definition) is 4. The first-order valence-electron chi connectivity index (χ1n) is 8.90. The van der Waals surface area contributed by atoms with E-state index in [2.05, 4.69) is 27.0 Å². The molecule has 126 valence electrons. The summed E-state index contributed by atoms with van der Waals surface area (Å²) in [5.74, 6) is 1.84. The number of carbonyl (C=O) groups is 1. The highest BCUT2D eigenvalue weighted by Gasteiger charge is 2.24. The van der Waals surface area contributed by atoms with Crippen LogP contribution in [0.5, 0.6) is 0 Å². The topological polar surface area (TPSA) is 48.5 Å². The van der Waals surface area contributed by atoms with Crippen molar-refractivity contribution < 1.29 is 4.79 Å². The molecule has 5 nitrogen and oxygen atoms in total. The Bertz CT molecular complexity index is 499. The lowest BCUT2D eigenvalue weighted by molar-refractivity contribution is -0.123. The quantitative estimate of drug-likeness (QED) is 0.922. The van der Waals surface area contributed by atoms with Crippen LogP contribution in [0.2, 0.25) is 0 Å². The average molecular weight is 316 g/mol. The normalized spacial score (nSPS) is 26.0. The van der Waals surface area contributed by atoms with Crippen molar-refractivity contribution in [2.75, 3.05) is 37.6 Å². The fourth-order valence-corrected chi connectivity index (χ4v) is 3.66. The van der Waals surface area contributed by atoms with E-state index in [1.54, 1.807) is 0 Å². The summed E-state index contributed by atoms with van der Waals surface area (Å²) in [6.45, 7) is 6.50. The second-order valence-electron chi connectivity index (χ2n) is 6.89. The predicted octanol–water partition coefficient (Wildman–Crippen LogP) is 1.90. The van der Waals surface area contributed by atoms with Gasteiger partial charge in [-0.1, -0.05) is 25.8 Å². The van der Waals surface area contributed by atoms with Crippen LogP contribution in [0.3, 0.4) is 0 Å². The van der Waals surface area contributed by atoms with E-state index in [0.29, 0.717) is 18.5 Å². The molecule has 1 aromatic heterocycles. The van der Waals surface area contributed by atoms with Gasteiger partial charge in [0, 0.05) is 38.4 Å². The summed E-state index contributed by atoms with van der Waals surface area (Å²) in [7, 11) is 0. The molecule has 2 fully saturated rings. The number of aromatic nitrogens is 1. The molecule has 0 aromatic carbocycles. The highest BCUT2D eigenvalue weighted by Crippen LogP contribution is 2.23. The maximum absolute atomic E-state index is 12.3. The summed E-state index contributed by atoms with van der Waals surface area (Å²) in [5.41, 5.74) is 0. The minimum Gasteiger partial charge on any atom is -0.354 e. The maximum atomic E-state index is 12.3. The van der Waals surface area contributed by atoms with Gasteiger partial charge in [-0.2, -0.15) is 0 Å². The lowest BCUT2D eigenvalue weighted by Crippen LogP contribution is -2.51. The molecule has 1 aliphatic heterocycles. The molecule has 0 bridgehead atoms. The molecule has 0 radical (unpaired) electrons. The molecule has 1 aliphatic carbocycles. The monoisotopic (exact) mass is 316 g/mol. The van der Waals surface area contributed by atoms with Gasteiger partial charge in [-0.15, -0.1) is 0 Å². The molecule has 2 unspecified atom stereocenters. The fraction of sp³-hybridized carbons (Fsp3) is 0.667. The van der Waals surface area contributed by atoms with E-state index in [1.807, 2.05) is 24.4 Å². The Labute approximate surface area is 139 Å². The molecule has 5 heteroatoms. The molecule has 2 atom stereocenters. The predicted molar refractivity (Wildman–Crippen MR) is 92.5 cm³/mol. The van der Waals surface area contributed by atoms with E-state index < -0.39 is 0 Å². The van der Waals surface area contributed by atoms with Gasteiger partial charge in [0.2, 0.25) is 5.91 Å². The highest BCUT2D eigenvalue weighted by molar-refractivity contribution is 5.78. The summed E-state index contributed by atoms with van der Waals surface area (Å²) in [4.78, 5) is 21.2. The summed E-state index contributed by atoms with van der Waals surface area (Å²) < 4.78 is 0. The van der Waals surface area contributed by atoms with Crippen LogP contribution in [0, 0.1) is 5.92 Å². The summed E-state index contributed by atoms with van der Waals surface area (Å²) in [6.07, 6.45) is 6.77. The zero-order chi connectivity index (χ0) is 16.1. The van der Waals surface area contributed by atoms with Crippen LogP contribution in [0.4, 0.5) is 5.82 Å². The Balaban J connectivity index is 1.42. The minimum atomic E-state index is 0.190. The van der Waals surface area contributed by atoms with Crippen molar-refractivity contribution >= 4 is 11.7 Å². The van der Waals surface area contributed by atoms with Crippen LogP contribution in [-0.4, -0.2) is 54.6 Å². The Morgan fingerprint density at radius 2 is 2.00 bits per heavy atom. The molecule has 1 amide bonds. The first-order chi connectivity index (χ1) is 11.2. The Hall–Kier alpha value is -1.62. The Morgan fingerprint density at radius 1 is 1.22 bits per heavy atom. The Kier molecular flexibility index (Phi) is 5.49. The number of rotatable bonds is 4. The van der Waals surface area contributed by atoms with Crippen LogP contribution in [0.1, 0.15) is 32.6 Å². The molecular formula is C18H28N4O. The molecule has 3 rings (SSSR count). The van der Waals surface area contributed by atoms with E-state index in [1.165, 1.54) is 19.3 Å². The largest absolute Gasteiger partial charge is 0.354 e. The second kappa shape index (κ2) is 7.77. The van der Waals surface area contributed by atoms with E-state index in [4.69, 9.17) is 0 Å². The van der Waals surface area contributed by atoms with Crippen LogP contribution < -0.4 is 10.2 Å². The standard InChI is InChI=1S/C18H28N4O/c1-15-6-2-3-7-16(15)20-18(23)14-21-10-12-22(13-11-21)17-8-4-5-9-19-17/h4-5,8-9,15-16H,2-3,6-7,10-14H2,1H3,(H,20,23). The second-order valence-corrected chi connectivity index (χ2v) is 6.89. The van der Waals surface area contributed by atoms with E-state index in [-0.39, 0.29) is 5.91 Å². The van der Waals surface area contributed by atoms with Crippen LogP contribution >= 0.6 is 0 Å². The van der Waals surface area contributed by atoms with Gasteiger partial charge in [-0.3, -0.25) is 9.69 Å². The van der Waals surface area contributed by atoms with Crippen molar-refractivity contribution in [1.29, 1.82) is 0 Å². The number of carbonyl (C=O) groups excluding carboxylic acids is 1. The molecule has 1 saturated heterocycles.